The third-order valence-electron chi connectivity index (χ3n) is 8.30. The average molecular weight is 539 g/mol. The van der Waals surface area contributed by atoms with E-state index in [4.69, 9.17) is 0 Å². The lowest BCUT2D eigenvalue weighted by Gasteiger charge is -2.30. The molecule has 1 amide bonds. The number of carbonyl (C=O) groups is 1. The number of rotatable bonds is 5. The summed E-state index contributed by atoms with van der Waals surface area (Å²) in [6, 6.07) is 19.6. The molecule has 7 heteroatoms. The van der Waals surface area contributed by atoms with Gasteiger partial charge in [0, 0.05) is 12.5 Å². The molecule has 3 aromatic rings. The zero-order chi connectivity index (χ0) is 27.6. The predicted octanol–water partition coefficient (Wildman–Crippen LogP) is 8.23. The number of hydrogen-bond acceptors (Lipinski definition) is 2. The minimum atomic E-state index is -4.63. The van der Waals surface area contributed by atoms with Crippen molar-refractivity contribution in [1.82, 2.24) is 4.90 Å². The molecule has 0 spiro atoms. The van der Waals surface area contributed by atoms with Crippen molar-refractivity contribution in [2.75, 3.05) is 25.5 Å². The van der Waals surface area contributed by atoms with E-state index in [0.717, 1.165) is 43.6 Å². The van der Waals surface area contributed by atoms with E-state index in [1.54, 1.807) is 0 Å². The van der Waals surface area contributed by atoms with Gasteiger partial charge in [0.2, 0.25) is 5.91 Å². The molecule has 206 valence electrons. The Morgan fingerprint density at radius 2 is 1.64 bits per heavy atom. The van der Waals surface area contributed by atoms with E-state index in [0.29, 0.717) is 24.8 Å². The highest BCUT2D eigenvalue weighted by Gasteiger charge is 2.32. The van der Waals surface area contributed by atoms with Gasteiger partial charge in [0.1, 0.15) is 5.82 Å². The fourth-order valence-electron chi connectivity index (χ4n) is 6.12. The lowest BCUT2D eigenvalue weighted by molar-refractivity contribution is -0.137. The van der Waals surface area contributed by atoms with Crippen LogP contribution in [0.5, 0.6) is 0 Å². The Bertz CT molecular complexity index is 1300. The zero-order valence-corrected chi connectivity index (χ0v) is 22.1. The van der Waals surface area contributed by atoms with Crippen molar-refractivity contribution in [3.8, 4) is 11.1 Å². The fourth-order valence-corrected chi connectivity index (χ4v) is 6.12. The molecule has 3 unspecified atom stereocenters. The van der Waals surface area contributed by atoms with Gasteiger partial charge >= 0.3 is 6.18 Å². The van der Waals surface area contributed by atoms with Crippen LogP contribution >= 0.6 is 0 Å². The van der Waals surface area contributed by atoms with Crippen LogP contribution in [0.1, 0.15) is 67.1 Å². The SMILES string of the molecule is CN1CCCC(c2cccc(-c3ccc(C4CCCC(C(=O)Nc5ccc(C(F)(F)F)cc5F)C4)cc3)c2)C1. The average Bonchev–Trinajstić information content (AvgIpc) is 2.94. The molecular formula is C32H34F4N2O. The number of carbonyl (C=O) groups excluding carboxylic acids is 1. The summed E-state index contributed by atoms with van der Waals surface area (Å²) in [6.45, 7) is 2.25. The summed E-state index contributed by atoms with van der Waals surface area (Å²) >= 11 is 0. The molecule has 0 aromatic heterocycles. The first kappa shape index (κ1) is 27.4. The van der Waals surface area contributed by atoms with Crippen molar-refractivity contribution in [3.63, 3.8) is 0 Å². The van der Waals surface area contributed by atoms with Gasteiger partial charge in [-0.2, -0.15) is 13.2 Å². The predicted molar refractivity (Wildman–Crippen MR) is 146 cm³/mol. The Hall–Kier alpha value is -3.19. The highest BCUT2D eigenvalue weighted by Crippen LogP contribution is 2.38. The molecule has 0 radical (unpaired) electrons. The number of piperidine rings is 1. The highest BCUT2D eigenvalue weighted by molar-refractivity contribution is 5.92. The van der Waals surface area contributed by atoms with Crippen LogP contribution < -0.4 is 5.32 Å². The summed E-state index contributed by atoms with van der Waals surface area (Å²) in [4.78, 5) is 15.3. The number of nitrogens with zero attached hydrogens (tertiary/aromatic N) is 1. The van der Waals surface area contributed by atoms with E-state index in [1.807, 2.05) is 0 Å². The summed E-state index contributed by atoms with van der Waals surface area (Å²) in [5.74, 6) is -0.995. The molecule has 39 heavy (non-hydrogen) atoms. The van der Waals surface area contributed by atoms with Crippen molar-refractivity contribution < 1.29 is 22.4 Å². The molecule has 2 fully saturated rings. The van der Waals surface area contributed by atoms with Crippen LogP contribution in [0.2, 0.25) is 0 Å². The van der Waals surface area contributed by atoms with E-state index in [-0.39, 0.29) is 23.4 Å². The summed E-state index contributed by atoms with van der Waals surface area (Å²) in [6.07, 6.45) is 0.920. The van der Waals surface area contributed by atoms with Gasteiger partial charge in [-0.15, -0.1) is 0 Å². The van der Waals surface area contributed by atoms with Crippen LogP contribution in [0.15, 0.2) is 66.7 Å². The van der Waals surface area contributed by atoms with Gasteiger partial charge in [-0.25, -0.2) is 4.39 Å². The number of hydrogen-bond donors (Lipinski definition) is 1. The van der Waals surface area contributed by atoms with Crippen molar-refractivity contribution >= 4 is 11.6 Å². The first-order valence-electron chi connectivity index (χ1n) is 13.7. The first-order chi connectivity index (χ1) is 18.7. The monoisotopic (exact) mass is 538 g/mol. The lowest BCUT2D eigenvalue weighted by atomic mass is 9.77. The summed E-state index contributed by atoms with van der Waals surface area (Å²) in [7, 11) is 2.18. The van der Waals surface area contributed by atoms with Gasteiger partial charge in [-0.3, -0.25) is 4.79 Å². The highest BCUT2D eigenvalue weighted by atomic mass is 19.4. The van der Waals surface area contributed by atoms with Crippen LogP contribution in [0.3, 0.4) is 0 Å². The Kier molecular flexibility index (Phi) is 8.08. The fraction of sp³-hybridized carbons (Fsp3) is 0.406. The molecule has 3 nitrogen and oxygen atoms in total. The maximum atomic E-state index is 14.3. The minimum absolute atomic E-state index is 0.199. The molecule has 0 bridgehead atoms. The Morgan fingerprint density at radius 1 is 0.872 bits per heavy atom. The van der Waals surface area contributed by atoms with Crippen LogP contribution in [-0.2, 0) is 11.0 Å². The molecule has 3 aromatic carbocycles. The zero-order valence-electron chi connectivity index (χ0n) is 22.1. The molecule has 1 aliphatic heterocycles. The van der Waals surface area contributed by atoms with E-state index >= 15 is 0 Å². The van der Waals surface area contributed by atoms with Gasteiger partial charge in [0.15, 0.2) is 0 Å². The van der Waals surface area contributed by atoms with Crippen LogP contribution in [0.25, 0.3) is 11.1 Å². The van der Waals surface area contributed by atoms with E-state index < -0.39 is 17.6 Å². The number of alkyl halides is 3. The van der Waals surface area contributed by atoms with Gasteiger partial charge in [0.25, 0.3) is 0 Å². The van der Waals surface area contributed by atoms with Crippen LogP contribution in [0, 0.1) is 11.7 Å². The molecule has 1 saturated carbocycles. The molecule has 1 saturated heterocycles. The molecule has 2 aliphatic rings. The van der Waals surface area contributed by atoms with Gasteiger partial charge in [0.05, 0.1) is 11.3 Å². The molecule has 1 aliphatic carbocycles. The number of amides is 1. The summed E-state index contributed by atoms with van der Waals surface area (Å²) in [5, 5.41) is 2.51. The second kappa shape index (κ2) is 11.5. The Morgan fingerprint density at radius 3 is 2.36 bits per heavy atom. The van der Waals surface area contributed by atoms with E-state index in [9.17, 15) is 22.4 Å². The van der Waals surface area contributed by atoms with Gasteiger partial charge < -0.3 is 10.2 Å². The van der Waals surface area contributed by atoms with Crippen LogP contribution in [-0.4, -0.2) is 30.9 Å². The minimum Gasteiger partial charge on any atom is -0.323 e. The van der Waals surface area contributed by atoms with Gasteiger partial charge in [-0.1, -0.05) is 55.0 Å². The molecule has 3 atom stereocenters. The summed E-state index contributed by atoms with van der Waals surface area (Å²) in [5.41, 5.74) is 3.62. The molecule has 1 N–H and O–H groups in total. The maximum Gasteiger partial charge on any atom is 0.416 e. The Balaban J connectivity index is 1.23. The number of anilines is 1. The summed E-state index contributed by atoms with van der Waals surface area (Å²) < 4.78 is 52.8. The van der Waals surface area contributed by atoms with Crippen LogP contribution in [0.4, 0.5) is 23.2 Å². The number of halogens is 4. The normalized spacial score (nSPS) is 22.4. The maximum absolute atomic E-state index is 14.3. The number of likely N-dealkylation sites (N-methyl/N-ethyl adjacent to an activating group) is 1. The van der Waals surface area contributed by atoms with E-state index in [1.165, 1.54) is 29.5 Å². The first-order valence-corrected chi connectivity index (χ1v) is 13.7. The largest absolute Gasteiger partial charge is 0.416 e. The second-order valence-corrected chi connectivity index (χ2v) is 11.1. The number of likely N-dealkylation sites (tertiary alicyclic amines) is 1. The van der Waals surface area contributed by atoms with Gasteiger partial charge in [-0.05, 0) is 98.0 Å². The van der Waals surface area contributed by atoms with Crippen molar-refractivity contribution in [3.05, 3.63) is 89.2 Å². The second-order valence-electron chi connectivity index (χ2n) is 11.1. The molecular weight excluding hydrogens is 504 g/mol. The third-order valence-corrected chi connectivity index (χ3v) is 8.30. The van der Waals surface area contributed by atoms with Crippen molar-refractivity contribution in [1.29, 1.82) is 0 Å². The van der Waals surface area contributed by atoms with Crippen molar-refractivity contribution in [2.45, 2.75) is 56.5 Å². The van der Waals surface area contributed by atoms with Crippen molar-refractivity contribution in [2.24, 2.45) is 5.92 Å². The Labute approximate surface area is 227 Å². The molecule has 5 rings (SSSR count). The standard InChI is InChI=1S/C32H34F4N2O/c1-38-16-4-9-27(20-38)25-7-2-5-23(17-25)21-10-12-22(13-11-21)24-6-3-8-26(18-24)31(39)37-30-15-14-28(19-29(30)33)32(34,35)36/h2,5,7,10-15,17,19,24,26-27H,3-4,6,8-9,16,18,20H2,1H3,(H,37,39). The number of nitrogens with one attached hydrogen (secondary N) is 1. The molecule has 1 heterocycles. The third kappa shape index (κ3) is 6.52. The lowest BCUT2D eigenvalue weighted by Crippen LogP contribution is -2.30. The van der Waals surface area contributed by atoms with E-state index in [2.05, 4.69) is 65.8 Å². The topological polar surface area (TPSA) is 32.3 Å². The quantitative estimate of drug-likeness (QED) is 0.332. The number of benzene rings is 3. The smallest absolute Gasteiger partial charge is 0.323 e.